The molecule has 0 spiro atoms. The monoisotopic (exact) mass is 271 g/mol. The van der Waals surface area contributed by atoms with Gasteiger partial charge >= 0.3 is 0 Å². The van der Waals surface area contributed by atoms with Crippen molar-refractivity contribution in [1.82, 2.24) is 4.98 Å². The van der Waals surface area contributed by atoms with E-state index in [1.54, 1.807) is 6.20 Å². The van der Waals surface area contributed by atoms with Gasteiger partial charge in [-0.2, -0.15) is 0 Å². The number of rotatable bonds is 5. The topological polar surface area (TPSA) is 60.2 Å². The summed E-state index contributed by atoms with van der Waals surface area (Å²) in [5, 5.41) is 3.31. The first-order chi connectivity index (χ1) is 9.58. The summed E-state index contributed by atoms with van der Waals surface area (Å²) in [7, 11) is 0. The molecule has 1 aromatic carbocycles. The summed E-state index contributed by atoms with van der Waals surface area (Å²) in [4.78, 5) is 4.33. The van der Waals surface area contributed by atoms with Crippen molar-refractivity contribution in [2.75, 3.05) is 11.1 Å². The quantitative estimate of drug-likeness (QED) is 0.818. The Morgan fingerprint density at radius 3 is 2.80 bits per heavy atom. The minimum atomic E-state index is 0.119. The molecule has 1 heterocycles. The Balaban J connectivity index is 2.13. The molecule has 2 aromatic rings. The molecule has 3 N–H and O–H groups in total. The van der Waals surface area contributed by atoms with Crippen LogP contribution in [0.2, 0.25) is 0 Å². The van der Waals surface area contributed by atoms with Crippen LogP contribution < -0.4 is 15.8 Å². The average Bonchev–Trinajstić information content (AvgIpc) is 2.41. The number of hydrogen-bond acceptors (Lipinski definition) is 4. The molecule has 1 aromatic heterocycles. The zero-order chi connectivity index (χ0) is 14.5. The predicted octanol–water partition coefficient (Wildman–Crippen LogP) is 3.37. The normalized spacial score (nSPS) is 10.6. The molecule has 0 aliphatic rings. The van der Waals surface area contributed by atoms with E-state index in [4.69, 9.17) is 10.5 Å². The van der Waals surface area contributed by atoms with Gasteiger partial charge in [-0.15, -0.1) is 0 Å². The van der Waals surface area contributed by atoms with Gasteiger partial charge in [0.05, 0.1) is 6.10 Å². The van der Waals surface area contributed by atoms with E-state index in [9.17, 15) is 0 Å². The molecule has 0 atom stereocenters. The van der Waals surface area contributed by atoms with E-state index in [-0.39, 0.29) is 6.10 Å². The fourth-order valence-electron chi connectivity index (χ4n) is 1.95. The summed E-state index contributed by atoms with van der Waals surface area (Å²) in [5.74, 6) is 1.52. The molecule has 0 bridgehead atoms. The fraction of sp³-hybridized carbons (Fsp3) is 0.312. The SMILES string of the molecule is Cc1c(N)cccc1CNc1ncccc1OC(C)C. The van der Waals surface area contributed by atoms with Gasteiger partial charge in [-0.05, 0) is 50.1 Å². The highest BCUT2D eigenvalue weighted by atomic mass is 16.5. The Kier molecular flexibility index (Phi) is 4.45. The van der Waals surface area contributed by atoms with E-state index in [0.717, 1.165) is 28.4 Å². The Morgan fingerprint density at radius 2 is 2.05 bits per heavy atom. The van der Waals surface area contributed by atoms with E-state index < -0.39 is 0 Å². The summed E-state index contributed by atoms with van der Waals surface area (Å²) in [6.45, 7) is 6.69. The van der Waals surface area contributed by atoms with E-state index in [2.05, 4.69) is 16.4 Å². The maximum absolute atomic E-state index is 5.92. The van der Waals surface area contributed by atoms with E-state index in [0.29, 0.717) is 6.54 Å². The molecule has 0 saturated heterocycles. The molecule has 4 heteroatoms. The molecule has 4 nitrogen and oxygen atoms in total. The lowest BCUT2D eigenvalue weighted by Crippen LogP contribution is -2.10. The number of anilines is 2. The number of nitrogen functional groups attached to an aromatic ring is 1. The highest BCUT2D eigenvalue weighted by molar-refractivity contribution is 5.53. The number of nitrogens with zero attached hydrogens (tertiary/aromatic N) is 1. The van der Waals surface area contributed by atoms with Crippen LogP contribution in [-0.4, -0.2) is 11.1 Å². The lowest BCUT2D eigenvalue weighted by atomic mass is 10.1. The van der Waals surface area contributed by atoms with E-state index in [1.165, 1.54) is 0 Å². The lowest BCUT2D eigenvalue weighted by molar-refractivity contribution is 0.243. The van der Waals surface area contributed by atoms with Gasteiger partial charge in [0.25, 0.3) is 0 Å². The van der Waals surface area contributed by atoms with Crippen molar-refractivity contribution >= 4 is 11.5 Å². The predicted molar refractivity (Wildman–Crippen MR) is 82.9 cm³/mol. The number of hydrogen-bond donors (Lipinski definition) is 2. The van der Waals surface area contributed by atoms with Gasteiger partial charge in [0.1, 0.15) is 0 Å². The van der Waals surface area contributed by atoms with Crippen LogP contribution in [0.3, 0.4) is 0 Å². The van der Waals surface area contributed by atoms with Crippen LogP contribution >= 0.6 is 0 Å². The van der Waals surface area contributed by atoms with Crippen molar-refractivity contribution in [3.63, 3.8) is 0 Å². The van der Waals surface area contributed by atoms with Crippen LogP contribution in [0.4, 0.5) is 11.5 Å². The molecular formula is C16H21N3O. The molecule has 2 rings (SSSR count). The first-order valence-corrected chi connectivity index (χ1v) is 6.77. The van der Waals surface area contributed by atoms with E-state index >= 15 is 0 Å². The minimum absolute atomic E-state index is 0.119. The van der Waals surface area contributed by atoms with Crippen LogP contribution in [0.25, 0.3) is 0 Å². The van der Waals surface area contributed by atoms with Gasteiger partial charge in [-0.1, -0.05) is 12.1 Å². The standard InChI is InChI=1S/C16H21N3O/c1-11(2)20-15-8-5-9-18-16(15)19-10-13-6-4-7-14(17)12(13)3/h4-9,11H,10,17H2,1-3H3,(H,18,19). The second-order valence-corrected chi connectivity index (χ2v) is 5.00. The molecule has 20 heavy (non-hydrogen) atoms. The molecule has 0 unspecified atom stereocenters. The number of pyridine rings is 1. The summed E-state index contributed by atoms with van der Waals surface area (Å²) in [6, 6.07) is 9.72. The van der Waals surface area contributed by atoms with Crippen LogP contribution in [0, 0.1) is 6.92 Å². The molecule has 0 saturated carbocycles. The highest BCUT2D eigenvalue weighted by Gasteiger charge is 2.07. The van der Waals surface area contributed by atoms with Gasteiger partial charge in [0.15, 0.2) is 11.6 Å². The molecule has 0 amide bonds. The largest absolute Gasteiger partial charge is 0.487 e. The van der Waals surface area contributed by atoms with Crippen molar-refractivity contribution in [2.45, 2.75) is 33.4 Å². The Bertz CT molecular complexity index is 582. The first kappa shape index (κ1) is 14.2. The summed E-state index contributed by atoms with van der Waals surface area (Å²) < 4.78 is 5.74. The number of nitrogens with one attached hydrogen (secondary N) is 1. The molecule has 0 aliphatic heterocycles. The molecular weight excluding hydrogens is 250 g/mol. The lowest BCUT2D eigenvalue weighted by Gasteiger charge is -2.15. The van der Waals surface area contributed by atoms with Crippen LogP contribution in [0.1, 0.15) is 25.0 Å². The smallest absolute Gasteiger partial charge is 0.169 e. The molecule has 0 aliphatic carbocycles. The summed E-state index contributed by atoms with van der Waals surface area (Å²) in [6.07, 6.45) is 1.87. The van der Waals surface area contributed by atoms with Gasteiger partial charge in [-0.25, -0.2) is 4.98 Å². The van der Waals surface area contributed by atoms with Gasteiger partial charge < -0.3 is 15.8 Å². The zero-order valence-electron chi connectivity index (χ0n) is 12.2. The third-order valence-electron chi connectivity index (χ3n) is 3.07. The van der Waals surface area contributed by atoms with Gasteiger partial charge in [0, 0.05) is 18.4 Å². The Hall–Kier alpha value is -2.23. The van der Waals surface area contributed by atoms with Crippen LogP contribution in [0.5, 0.6) is 5.75 Å². The molecule has 0 radical (unpaired) electrons. The second-order valence-electron chi connectivity index (χ2n) is 5.00. The van der Waals surface area contributed by atoms with Crippen molar-refractivity contribution in [1.29, 1.82) is 0 Å². The maximum atomic E-state index is 5.92. The zero-order valence-corrected chi connectivity index (χ0v) is 12.2. The van der Waals surface area contributed by atoms with Gasteiger partial charge in [-0.3, -0.25) is 0 Å². The average molecular weight is 271 g/mol. The van der Waals surface area contributed by atoms with Crippen molar-refractivity contribution < 1.29 is 4.74 Å². The third kappa shape index (κ3) is 3.41. The number of aromatic nitrogens is 1. The molecule has 0 fully saturated rings. The fourth-order valence-corrected chi connectivity index (χ4v) is 1.95. The summed E-state index contributed by atoms with van der Waals surface area (Å²) >= 11 is 0. The third-order valence-corrected chi connectivity index (χ3v) is 3.07. The van der Waals surface area contributed by atoms with Crippen molar-refractivity contribution in [3.8, 4) is 5.75 Å². The van der Waals surface area contributed by atoms with Crippen molar-refractivity contribution in [3.05, 3.63) is 47.7 Å². The second kappa shape index (κ2) is 6.28. The Morgan fingerprint density at radius 1 is 1.25 bits per heavy atom. The Labute approximate surface area is 120 Å². The minimum Gasteiger partial charge on any atom is -0.487 e. The number of benzene rings is 1. The highest BCUT2D eigenvalue weighted by Crippen LogP contribution is 2.24. The van der Waals surface area contributed by atoms with Crippen LogP contribution in [-0.2, 0) is 6.54 Å². The van der Waals surface area contributed by atoms with Gasteiger partial charge in [0.2, 0.25) is 0 Å². The van der Waals surface area contributed by atoms with Crippen LogP contribution in [0.15, 0.2) is 36.5 Å². The number of ether oxygens (including phenoxy) is 1. The van der Waals surface area contributed by atoms with Crippen molar-refractivity contribution in [2.24, 2.45) is 0 Å². The van der Waals surface area contributed by atoms with E-state index in [1.807, 2.05) is 45.0 Å². The summed E-state index contributed by atoms with van der Waals surface area (Å²) in [5.41, 5.74) is 8.98. The number of nitrogens with two attached hydrogens (primary N) is 1. The molecule has 106 valence electrons. The maximum Gasteiger partial charge on any atom is 0.169 e. The first-order valence-electron chi connectivity index (χ1n) is 6.77.